The van der Waals surface area contributed by atoms with Crippen LogP contribution >= 0.6 is 30.4 Å². The van der Waals surface area contributed by atoms with Crippen molar-refractivity contribution >= 4 is 30.4 Å². The van der Waals surface area contributed by atoms with E-state index in [9.17, 15) is 18.3 Å². The van der Waals surface area contributed by atoms with Crippen LogP contribution in [0, 0.1) is 0 Å². The first-order valence-electron chi connectivity index (χ1n) is 7.74. The van der Waals surface area contributed by atoms with Crippen LogP contribution in [0.5, 0.6) is 0 Å². The summed E-state index contributed by atoms with van der Waals surface area (Å²) in [6.07, 6.45) is -0.160. The maximum absolute atomic E-state index is 11.3. The fourth-order valence-electron chi connectivity index (χ4n) is 2.06. The fraction of sp³-hybridized carbons (Fsp3) is 1.00. The second-order valence-electron chi connectivity index (χ2n) is 5.48. The average molecular weight is 512 g/mol. The number of rotatable bonds is 12. The first-order valence-corrected chi connectivity index (χ1v) is 14.5. The molecule has 0 aliphatic rings. The summed E-state index contributed by atoms with van der Waals surface area (Å²) < 4.78 is 45.2. The number of hydrogen-bond acceptors (Lipinski definition) is 8. The zero-order chi connectivity index (χ0) is 23.7. The van der Waals surface area contributed by atoms with E-state index < -0.39 is 48.0 Å². The topological polar surface area (TPSA) is 286 Å². The van der Waals surface area contributed by atoms with E-state index in [0.717, 1.165) is 0 Å². The predicted octanol–water partition coefficient (Wildman–Crippen LogP) is -2.46. The van der Waals surface area contributed by atoms with E-state index >= 15 is 0 Å². The molecule has 0 fully saturated rings. The monoisotopic (exact) mass is 512 g/mol. The van der Waals surface area contributed by atoms with E-state index in [1.54, 1.807) is 0 Å². The van der Waals surface area contributed by atoms with E-state index in [1.807, 2.05) is 0 Å². The van der Waals surface area contributed by atoms with Gasteiger partial charge in [-0.15, -0.1) is 0 Å². The lowest BCUT2D eigenvalue weighted by Crippen LogP contribution is -2.43. The van der Waals surface area contributed by atoms with E-state index in [4.69, 9.17) is 49.4 Å². The summed E-state index contributed by atoms with van der Waals surface area (Å²) in [4.78, 5) is 72.3. The zero-order valence-electron chi connectivity index (χ0n) is 15.2. The van der Waals surface area contributed by atoms with E-state index in [0.29, 0.717) is 13.1 Å². The standard InChI is InChI=1S/C5H17NO12P4.C4H11NO2/c1-2-3-6(4(19(7,8)9)20(10,11)12)5(21(13,14)15)22(16,17)18;6-3-1-5-2-4-7/h4-5H,2-3H2,1H3,(H2,7,8,9)(H2,10,11,12)(H2,13,14,15)(H2,16,17,18);5-7H,1-4H2. The molecule has 16 nitrogen and oxygen atoms in total. The Balaban J connectivity index is 0. The SMILES string of the molecule is CCCN(C(P(=O)(O)O)P(=O)(O)O)C(P(=O)(O)O)P(=O)(O)O.OCCNCCO. The van der Waals surface area contributed by atoms with Crippen LogP contribution in [-0.4, -0.2) is 98.2 Å². The van der Waals surface area contributed by atoms with Gasteiger partial charge in [0.1, 0.15) is 0 Å². The Morgan fingerprint density at radius 2 is 0.966 bits per heavy atom. The minimum atomic E-state index is -5.70. The first kappa shape index (κ1) is 31.6. The molecule has 0 aromatic rings. The van der Waals surface area contributed by atoms with Crippen molar-refractivity contribution in [2.45, 2.75) is 24.4 Å². The van der Waals surface area contributed by atoms with Crippen LogP contribution in [0.25, 0.3) is 0 Å². The molecule has 0 aliphatic carbocycles. The molecule has 0 unspecified atom stereocenters. The van der Waals surface area contributed by atoms with Crippen LogP contribution in [0.15, 0.2) is 0 Å². The van der Waals surface area contributed by atoms with Gasteiger partial charge in [-0.2, -0.15) is 0 Å². The maximum Gasteiger partial charge on any atom is 0.355 e. The lowest BCUT2D eigenvalue weighted by Gasteiger charge is -2.37. The molecule has 0 atom stereocenters. The quantitative estimate of drug-likeness (QED) is 0.0954. The van der Waals surface area contributed by atoms with Crippen molar-refractivity contribution in [3.63, 3.8) is 0 Å². The summed E-state index contributed by atoms with van der Waals surface area (Å²) >= 11 is 0. The molecule has 0 spiro atoms. The van der Waals surface area contributed by atoms with Gasteiger partial charge in [-0.3, -0.25) is 23.2 Å². The van der Waals surface area contributed by atoms with Gasteiger partial charge in [-0.05, 0) is 6.42 Å². The second kappa shape index (κ2) is 13.1. The molecule has 20 heteroatoms. The first-order chi connectivity index (χ1) is 12.9. The highest BCUT2D eigenvalue weighted by Crippen LogP contribution is 2.68. The maximum atomic E-state index is 11.3. The van der Waals surface area contributed by atoms with Crippen molar-refractivity contribution in [3.8, 4) is 0 Å². The van der Waals surface area contributed by atoms with E-state index in [1.165, 1.54) is 6.92 Å². The minimum absolute atomic E-state index is 0.139. The van der Waals surface area contributed by atoms with Gasteiger partial charge in [-0.25, -0.2) is 0 Å². The molecule has 0 saturated heterocycles. The zero-order valence-corrected chi connectivity index (χ0v) is 18.8. The van der Waals surface area contributed by atoms with Crippen LogP contribution in [-0.2, 0) is 18.3 Å². The fourth-order valence-corrected chi connectivity index (χ4v) is 8.15. The molecule has 0 bridgehead atoms. The molecule has 0 amide bonds. The molecule has 0 aromatic heterocycles. The second-order valence-corrected chi connectivity index (χ2v) is 13.0. The van der Waals surface area contributed by atoms with Crippen molar-refractivity contribution in [2.24, 2.45) is 0 Å². The van der Waals surface area contributed by atoms with E-state index in [2.05, 4.69) is 5.32 Å². The van der Waals surface area contributed by atoms with Crippen LogP contribution in [0.3, 0.4) is 0 Å². The number of nitrogens with one attached hydrogen (secondary N) is 1. The van der Waals surface area contributed by atoms with Gasteiger partial charge < -0.3 is 54.7 Å². The Hall–Kier alpha value is 0.440. The molecular weight excluding hydrogens is 484 g/mol. The number of hydrogen-bond donors (Lipinski definition) is 11. The minimum Gasteiger partial charge on any atom is -0.395 e. The Morgan fingerprint density at radius 1 is 0.690 bits per heavy atom. The Morgan fingerprint density at radius 3 is 1.14 bits per heavy atom. The molecule has 0 rings (SSSR count). The van der Waals surface area contributed by atoms with Crippen LogP contribution in [0.1, 0.15) is 13.3 Å². The molecule has 0 heterocycles. The van der Waals surface area contributed by atoms with Gasteiger partial charge in [-0.1, -0.05) is 6.92 Å². The highest BCUT2D eigenvalue weighted by atomic mass is 31.2. The molecular formula is C9H28N2O14P4. The Labute approximate surface area is 166 Å². The summed E-state index contributed by atoms with van der Waals surface area (Å²) in [5.41, 5.74) is -6.18. The van der Waals surface area contributed by atoms with Gasteiger partial charge in [0.15, 0.2) is 0 Å². The lowest BCUT2D eigenvalue weighted by molar-refractivity contribution is 0.201. The highest BCUT2D eigenvalue weighted by Gasteiger charge is 2.57. The van der Waals surface area contributed by atoms with Gasteiger partial charge in [0, 0.05) is 19.6 Å². The number of aliphatic hydroxyl groups excluding tert-OH is 2. The lowest BCUT2D eigenvalue weighted by atomic mass is 10.5. The summed E-state index contributed by atoms with van der Waals surface area (Å²) in [6, 6.07) is 0. The van der Waals surface area contributed by atoms with Crippen molar-refractivity contribution in [3.05, 3.63) is 0 Å². The molecule has 178 valence electrons. The van der Waals surface area contributed by atoms with Crippen LogP contribution in [0.2, 0.25) is 0 Å². The third-order valence-electron chi connectivity index (χ3n) is 2.86. The van der Waals surface area contributed by atoms with Crippen molar-refractivity contribution in [1.82, 2.24) is 10.2 Å². The number of nitrogens with zero attached hydrogens (tertiary/aromatic N) is 1. The normalized spacial score (nSPS) is 13.7. The summed E-state index contributed by atoms with van der Waals surface area (Å²) in [6.45, 7) is 1.93. The molecule has 0 radical (unpaired) electrons. The van der Waals surface area contributed by atoms with Crippen molar-refractivity contribution in [1.29, 1.82) is 0 Å². The largest absolute Gasteiger partial charge is 0.395 e. The predicted molar refractivity (Wildman–Crippen MR) is 99.8 cm³/mol. The van der Waals surface area contributed by atoms with Crippen molar-refractivity contribution in [2.75, 3.05) is 32.8 Å². The summed E-state index contributed by atoms with van der Waals surface area (Å²) in [5, 5.41) is 19.1. The van der Waals surface area contributed by atoms with E-state index in [-0.39, 0.29) is 24.5 Å². The molecule has 0 aromatic carbocycles. The number of aliphatic hydroxyl groups is 2. The van der Waals surface area contributed by atoms with Gasteiger partial charge in [0.2, 0.25) is 11.0 Å². The van der Waals surface area contributed by atoms with Crippen molar-refractivity contribution < 1.29 is 67.6 Å². The molecule has 29 heavy (non-hydrogen) atoms. The van der Waals surface area contributed by atoms with Crippen LogP contribution in [0.4, 0.5) is 0 Å². The smallest absolute Gasteiger partial charge is 0.355 e. The average Bonchev–Trinajstić information content (AvgIpc) is 2.42. The molecule has 0 aliphatic heterocycles. The third-order valence-corrected chi connectivity index (χ3v) is 10.1. The molecule has 11 N–H and O–H groups in total. The third kappa shape index (κ3) is 12.8. The molecule has 0 saturated carbocycles. The highest BCUT2D eigenvalue weighted by molar-refractivity contribution is 7.72. The van der Waals surface area contributed by atoms with Gasteiger partial charge in [0.05, 0.1) is 13.2 Å². The Kier molecular flexibility index (Phi) is 14.3. The summed E-state index contributed by atoms with van der Waals surface area (Å²) in [5.74, 6) is 0. The van der Waals surface area contributed by atoms with Gasteiger partial charge >= 0.3 is 30.4 Å². The van der Waals surface area contributed by atoms with Gasteiger partial charge in [0.25, 0.3) is 0 Å². The van der Waals surface area contributed by atoms with Crippen LogP contribution < -0.4 is 5.32 Å². The summed E-state index contributed by atoms with van der Waals surface area (Å²) in [7, 11) is -22.8. The Bertz CT molecular complexity index is 555.